The highest BCUT2D eigenvalue weighted by molar-refractivity contribution is 5.95. The van der Waals surface area contributed by atoms with Crippen molar-refractivity contribution in [3.63, 3.8) is 0 Å². The number of unbranched alkanes of at least 4 members (excludes halogenated alkanes) is 1. The van der Waals surface area contributed by atoms with Crippen molar-refractivity contribution in [1.29, 1.82) is 0 Å². The Bertz CT molecular complexity index is 760. The second-order valence-electron chi connectivity index (χ2n) is 8.72. The van der Waals surface area contributed by atoms with Gasteiger partial charge in [0.05, 0.1) is 12.5 Å². The summed E-state index contributed by atoms with van der Waals surface area (Å²) < 4.78 is 0. The van der Waals surface area contributed by atoms with Gasteiger partial charge < -0.3 is 44.0 Å². The van der Waals surface area contributed by atoms with Crippen LogP contribution in [0.3, 0.4) is 0 Å². The quantitative estimate of drug-likeness (QED) is 0.0898. The van der Waals surface area contributed by atoms with E-state index in [2.05, 4.69) is 16.0 Å². The first-order chi connectivity index (χ1) is 16.3. The lowest BCUT2D eigenvalue weighted by atomic mass is 10.0. The van der Waals surface area contributed by atoms with E-state index in [1.807, 2.05) is 0 Å². The summed E-state index contributed by atoms with van der Waals surface area (Å²) in [5, 5.41) is 16.4. The molecule has 0 aliphatic heterocycles. The van der Waals surface area contributed by atoms with Gasteiger partial charge in [-0.3, -0.25) is 24.0 Å². The lowest BCUT2D eigenvalue weighted by Gasteiger charge is -2.26. The highest BCUT2D eigenvalue weighted by Gasteiger charge is 2.31. The molecule has 0 spiro atoms. The topological polar surface area (TPSA) is 263 Å². The number of nitrogens with two attached hydrogens (primary N) is 4. The normalized spacial score (nSPS) is 14.3. The van der Waals surface area contributed by atoms with Crippen molar-refractivity contribution >= 4 is 35.5 Å². The predicted octanol–water partition coefficient (Wildman–Crippen LogP) is -2.83. The fourth-order valence-electron chi connectivity index (χ4n) is 3.12. The third kappa shape index (κ3) is 13.9. The Labute approximate surface area is 204 Å². The molecule has 14 heteroatoms. The summed E-state index contributed by atoms with van der Waals surface area (Å²) >= 11 is 0. The molecule has 0 aromatic carbocycles. The van der Waals surface area contributed by atoms with Gasteiger partial charge in [-0.2, -0.15) is 0 Å². The molecule has 0 fully saturated rings. The van der Waals surface area contributed by atoms with Crippen LogP contribution in [0.5, 0.6) is 0 Å². The van der Waals surface area contributed by atoms with Gasteiger partial charge in [-0.1, -0.05) is 20.3 Å². The van der Waals surface area contributed by atoms with E-state index in [0.29, 0.717) is 25.8 Å². The van der Waals surface area contributed by atoms with Crippen LogP contribution in [-0.2, 0) is 28.8 Å². The van der Waals surface area contributed by atoms with Crippen molar-refractivity contribution in [3.05, 3.63) is 0 Å². The largest absolute Gasteiger partial charge is 0.480 e. The van der Waals surface area contributed by atoms with Crippen LogP contribution in [0.4, 0.5) is 0 Å². The summed E-state index contributed by atoms with van der Waals surface area (Å²) in [7, 11) is 0. The second kappa shape index (κ2) is 16.4. The van der Waals surface area contributed by atoms with Crippen LogP contribution in [-0.4, -0.2) is 71.3 Å². The maximum Gasteiger partial charge on any atom is 0.326 e. The van der Waals surface area contributed by atoms with E-state index in [1.54, 1.807) is 13.8 Å². The van der Waals surface area contributed by atoms with Crippen LogP contribution in [0.2, 0.25) is 0 Å². The molecule has 35 heavy (non-hydrogen) atoms. The van der Waals surface area contributed by atoms with Gasteiger partial charge in [-0.05, 0) is 38.1 Å². The maximum atomic E-state index is 13.0. The Kier molecular flexibility index (Phi) is 14.9. The Morgan fingerprint density at radius 2 is 1.31 bits per heavy atom. The number of rotatable bonds is 18. The van der Waals surface area contributed by atoms with Gasteiger partial charge in [0.25, 0.3) is 0 Å². The van der Waals surface area contributed by atoms with Crippen molar-refractivity contribution in [2.24, 2.45) is 28.9 Å². The lowest BCUT2D eigenvalue weighted by Crippen LogP contribution is -2.57. The smallest absolute Gasteiger partial charge is 0.326 e. The minimum atomic E-state index is -1.58. The Morgan fingerprint density at radius 3 is 1.80 bits per heavy atom. The van der Waals surface area contributed by atoms with Gasteiger partial charge in [0.1, 0.15) is 18.1 Å². The van der Waals surface area contributed by atoms with E-state index in [-0.39, 0.29) is 25.2 Å². The molecule has 0 aromatic heterocycles. The fraction of sp³-hybridized carbons (Fsp3) is 0.714. The molecule has 5 amide bonds. The van der Waals surface area contributed by atoms with Crippen LogP contribution >= 0.6 is 0 Å². The van der Waals surface area contributed by atoms with Gasteiger partial charge in [-0.15, -0.1) is 0 Å². The molecule has 4 atom stereocenters. The van der Waals surface area contributed by atoms with Gasteiger partial charge in [0, 0.05) is 6.42 Å². The molecule has 0 bridgehead atoms. The number of aliphatic carboxylic acids is 1. The molecule has 200 valence electrons. The Balaban J connectivity index is 5.52. The predicted molar refractivity (Wildman–Crippen MR) is 126 cm³/mol. The summed E-state index contributed by atoms with van der Waals surface area (Å²) in [6.45, 7) is 3.99. The number of carboxylic acid groups (broad SMARTS) is 1. The summed E-state index contributed by atoms with van der Waals surface area (Å²) in [5.41, 5.74) is 21.5. The van der Waals surface area contributed by atoms with E-state index in [4.69, 9.17) is 22.9 Å². The molecule has 0 aliphatic rings. The number of nitrogens with one attached hydrogen (secondary N) is 3. The molecule has 0 heterocycles. The van der Waals surface area contributed by atoms with Gasteiger partial charge in [0.15, 0.2) is 0 Å². The van der Waals surface area contributed by atoms with E-state index in [1.165, 1.54) is 0 Å². The van der Waals surface area contributed by atoms with Crippen LogP contribution < -0.4 is 38.9 Å². The molecule has 14 nitrogen and oxygen atoms in total. The van der Waals surface area contributed by atoms with Crippen molar-refractivity contribution in [3.8, 4) is 0 Å². The number of hydrogen-bond donors (Lipinski definition) is 8. The molecule has 0 saturated carbocycles. The molecule has 0 aromatic rings. The molecular formula is C21H39N7O7. The van der Waals surface area contributed by atoms with Gasteiger partial charge in [-0.25, -0.2) is 4.79 Å². The first-order valence-corrected chi connectivity index (χ1v) is 11.4. The molecular weight excluding hydrogens is 462 g/mol. The summed E-state index contributed by atoms with van der Waals surface area (Å²) in [6.07, 6.45) is 0.737. The SMILES string of the molecule is CC(C)CC(NC(=O)C(CCC(N)=O)NC(=O)C(N)CCCCN)C(=O)NC(CC(N)=O)C(=O)O. The fourth-order valence-corrected chi connectivity index (χ4v) is 3.12. The van der Waals surface area contributed by atoms with E-state index >= 15 is 0 Å². The average molecular weight is 502 g/mol. The highest BCUT2D eigenvalue weighted by atomic mass is 16.4. The summed E-state index contributed by atoms with van der Waals surface area (Å²) in [5.74, 6) is -5.45. The lowest BCUT2D eigenvalue weighted by molar-refractivity contribution is -0.144. The van der Waals surface area contributed by atoms with E-state index in [9.17, 15) is 33.9 Å². The van der Waals surface area contributed by atoms with Crippen LogP contribution in [0.25, 0.3) is 0 Å². The molecule has 4 unspecified atom stereocenters. The molecule has 0 radical (unpaired) electrons. The number of amides is 5. The third-order valence-corrected chi connectivity index (χ3v) is 4.98. The summed E-state index contributed by atoms with van der Waals surface area (Å²) in [4.78, 5) is 71.9. The monoisotopic (exact) mass is 501 g/mol. The van der Waals surface area contributed by atoms with Crippen LogP contribution in [0.15, 0.2) is 0 Å². The van der Waals surface area contributed by atoms with Crippen LogP contribution in [0.1, 0.15) is 58.8 Å². The minimum Gasteiger partial charge on any atom is -0.480 e. The maximum absolute atomic E-state index is 13.0. The first kappa shape index (κ1) is 31.7. The van der Waals surface area contributed by atoms with Crippen molar-refractivity contribution in [2.75, 3.05) is 6.54 Å². The van der Waals surface area contributed by atoms with Gasteiger partial charge >= 0.3 is 5.97 Å². The average Bonchev–Trinajstić information content (AvgIpc) is 2.74. The van der Waals surface area contributed by atoms with Crippen molar-refractivity contribution < 1.29 is 33.9 Å². The third-order valence-electron chi connectivity index (χ3n) is 4.98. The second-order valence-corrected chi connectivity index (χ2v) is 8.72. The number of hydrogen-bond acceptors (Lipinski definition) is 8. The zero-order chi connectivity index (χ0) is 27.1. The van der Waals surface area contributed by atoms with Gasteiger partial charge in [0.2, 0.25) is 29.5 Å². The Morgan fingerprint density at radius 1 is 0.771 bits per heavy atom. The standard InChI is InChI=1S/C21H39N7O7/c1-11(2)9-14(20(33)28-15(21(34)35)10-17(25)30)27-19(32)13(6-7-16(24)29)26-18(31)12(23)5-3-4-8-22/h11-15H,3-10,22-23H2,1-2H3,(H2,24,29)(H2,25,30)(H,26,31)(H,27,32)(H,28,33)(H,34,35). The molecule has 12 N–H and O–H groups in total. The van der Waals surface area contributed by atoms with Crippen molar-refractivity contribution in [2.45, 2.75) is 83.0 Å². The zero-order valence-corrected chi connectivity index (χ0v) is 20.2. The van der Waals surface area contributed by atoms with Crippen LogP contribution in [0, 0.1) is 5.92 Å². The highest BCUT2D eigenvalue weighted by Crippen LogP contribution is 2.08. The zero-order valence-electron chi connectivity index (χ0n) is 20.2. The molecule has 0 rings (SSSR count). The number of carbonyl (C=O) groups excluding carboxylic acids is 5. The van der Waals surface area contributed by atoms with E-state index < -0.39 is 66.1 Å². The van der Waals surface area contributed by atoms with Crippen molar-refractivity contribution in [1.82, 2.24) is 16.0 Å². The number of primary amides is 2. The summed E-state index contributed by atoms with van der Waals surface area (Å²) in [6, 6.07) is -4.91. The number of carboxylic acids is 1. The first-order valence-electron chi connectivity index (χ1n) is 11.4. The minimum absolute atomic E-state index is 0.0971. The Hall–Kier alpha value is -3.26. The number of carbonyl (C=O) groups is 6. The molecule has 0 aliphatic carbocycles. The molecule has 0 saturated heterocycles. The van der Waals surface area contributed by atoms with E-state index in [0.717, 1.165) is 0 Å².